The minimum Gasteiger partial charge on any atom is -0.355 e. The average molecular weight is 400 g/mol. The number of pyridine rings is 1. The third-order valence-electron chi connectivity index (χ3n) is 4.98. The van der Waals surface area contributed by atoms with E-state index in [1.807, 2.05) is 57.2 Å². The molecule has 0 aliphatic heterocycles. The monoisotopic (exact) mass is 400 g/mol. The Bertz CT molecular complexity index is 1200. The Morgan fingerprint density at radius 2 is 1.73 bits per heavy atom. The van der Waals surface area contributed by atoms with Gasteiger partial charge >= 0.3 is 0 Å². The van der Waals surface area contributed by atoms with Crippen molar-refractivity contribution in [2.75, 3.05) is 10.6 Å². The molecule has 0 radical (unpaired) electrons. The summed E-state index contributed by atoms with van der Waals surface area (Å²) in [5, 5.41) is 15.5. The van der Waals surface area contributed by atoms with Gasteiger partial charge in [0.15, 0.2) is 0 Å². The number of hydrogen-bond donors (Lipinski definition) is 3. The molecular weight excluding hydrogens is 376 g/mol. The van der Waals surface area contributed by atoms with Crippen molar-refractivity contribution in [1.82, 2.24) is 4.98 Å². The van der Waals surface area contributed by atoms with Crippen molar-refractivity contribution in [3.8, 4) is 6.07 Å². The number of aryl methyl sites for hydroxylation is 2. The number of aromatic amines is 1. The number of benzene rings is 2. The third kappa shape index (κ3) is 4.58. The van der Waals surface area contributed by atoms with Crippen LogP contribution in [-0.4, -0.2) is 10.9 Å². The number of anilines is 3. The van der Waals surface area contributed by atoms with Gasteiger partial charge in [-0.25, -0.2) is 0 Å². The molecule has 0 atom stereocenters. The Labute approximate surface area is 175 Å². The summed E-state index contributed by atoms with van der Waals surface area (Å²) in [7, 11) is 0. The van der Waals surface area contributed by atoms with Gasteiger partial charge in [0.25, 0.3) is 11.5 Å². The van der Waals surface area contributed by atoms with Crippen molar-refractivity contribution in [3.05, 3.63) is 87.3 Å². The van der Waals surface area contributed by atoms with E-state index in [9.17, 15) is 14.9 Å². The smallest absolute Gasteiger partial charge is 0.256 e. The molecule has 1 heterocycles. The number of nitrogens with one attached hydrogen (secondary N) is 3. The van der Waals surface area contributed by atoms with Crippen molar-refractivity contribution in [2.45, 2.75) is 33.1 Å². The molecule has 6 nitrogen and oxygen atoms in total. The second-order valence-corrected chi connectivity index (χ2v) is 7.83. The molecule has 3 aromatic rings. The van der Waals surface area contributed by atoms with Crippen LogP contribution in [0.15, 0.2) is 59.5 Å². The van der Waals surface area contributed by atoms with E-state index < -0.39 is 5.41 Å². The van der Waals surface area contributed by atoms with Gasteiger partial charge in [-0.05, 0) is 69.2 Å². The van der Waals surface area contributed by atoms with Crippen molar-refractivity contribution < 1.29 is 4.79 Å². The van der Waals surface area contributed by atoms with Crippen LogP contribution in [0.4, 0.5) is 17.1 Å². The molecule has 0 aliphatic carbocycles. The highest BCUT2D eigenvalue weighted by Gasteiger charge is 2.19. The normalized spacial score (nSPS) is 10.9. The maximum Gasteiger partial charge on any atom is 0.256 e. The van der Waals surface area contributed by atoms with Crippen molar-refractivity contribution in [2.24, 2.45) is 0 Å². The van der Waals surface area contributed by atoms with Crippen LogP contribution in [0.2, 0.25) is 0 Å². The first kappa shape index (κ1) is 20.9. The lowest BCUT2D eigenvalue weighted by molar-refractivity contribution is 0.102. The molecule has 0 saturated carbocycles. The first-order chi connectivity index (χ1) is 14.2. The Balaban J connectivity index is 1.84. The number of nitriles is 1. The van der Waals surface area contributed by atoms with E-state index in [1.54, 1.807) is 19.1 Å². The molecule has 0 spiro atoms. The predicted octanol–water partition coefficient (Wildman–Crippen LogP) is 4.79. The summed E-state index contributed by atoms with van der Waals surface area (Å²) in [5.41, 5.74) is 4.14. The highest BCUT2D eigenvalue weighted by molar-refractivity contribution is 6.05. The highest BCUT2D eigenvalue weighted by Crippen LogP contribution is 2.27. The summed E-state index contributed by atoms with van der Waals surface area (Å²) in [5.74, 6) is -0.262. The minimum atomic E-state index is -0.592. The van der Waals surface area contributed by atoms with Gasteiger partial charge in [0.05, 0.1) is 17.2 Å². The van der Waals surface area contributed by atoms with E-state index in [4.69, 9.17) is 0 Å². The zero-order chi connectivity index (χ0) is 21.9. The topological polar surface area (TPSA) is 97.8 Å². The number of H-pyrrole nitrogens is 1. The van der Waals surface area contributed by atoms with E-state index in [2.05, 4.69) is 21.7 Å². The molecule has 0 saturated heterocycles. The first-order valence-electron chi connectivity index (χ1n) is 9.60. The second kappa shape index (κ2) is 8.26. The van der Waals surface area contributed by atoms with E-state index in [1.165, 1.54) is 6.20 Å². The van der Waals surface area contributed by atoms with E-state index in [0.717, 1.165) is 22.5 Å². The Hall–Kier alpha value is -3.85. The molecule has 6 heteroatoms. The minimum absolute atomic E-state index is 0.183. The summed E-state index contributed by atoms with van der Waals surface area (Å²) >= 11 is 0. The zero-order valence-electron chi connectivity index (χ0n) is 17.5. The third-order valence-corrected chi connectivity index (χ3v) is 4.98. The fourth-order valence-electron chi connectivity index (χ4n) is 3.03. The molecule has 0 aliphatic rings. The predicted molar refractivity (Wildman–Crippen MR) is 119 cm³/mol. The molecule has 30 heavy (non-hydrogen) atoms. The van der Waals surface area contributed by atoms with Gasteiger partial charge < -0.3 is 15.6 Å². The summed E-state index contributed by atoms with van der Waals surface area (Å²) < 4.78 is 0. The number of carbonyl (C=O) groups excluding carboxylic acids is 1. The largest absolute Gasteiger partial charge is 0.355 e. The molecule has 0 unspecified atom stereocenters. The van der Waals surface area contributed by atoms with Crippen molar-refractivity contribution in [3.63, 3.8) is 0 Å². The van der Waals surface area contributed by atoms with Crippen LogP contribution in [0.25, 0.3) is 0 Å². The van der Waals surface area contributed by atoms with Gasteiger partial charge in [-0.1, -0.05) is 18.2 Å². The number of rotatable bonds is 5. The summed E-state index contributed by atoms with van der Waals surface area (Å²) in [6, 6.07) is 17.2. The molecule has 0 bridgehead atoms. The van der Waals surface area contributed by atoms with Crippen molar-refractivity contribution >= 4 is 23.0 Å². The van der Waals surface area contributed by atoms with Gasteiger partial charge in [-0.2, -0.15) is 5.26 Å². The summed E-state index contributed by atoms with van der Waals surface area (Å²) in [6.07, 6.45) is 1.48. The number of hydrogen-bond acceptors (Lipinski definition) is 4. The summed E-state index contributed by atoms with van der Waals surface area (Å²) in [4.78, 5) is 26.9. The highest BCUT2D eigenvalue weighted by atomic mass is 16.1. The lowest BCUT2D eigenvalue weighted by atomic mass is 9.86. The van der Waals surface area contributed by atoms with Gasteiger partial charge in [0.2, 0.25) is 0 Å². The van der Waals surface area contributed by atoms with Crippen molar-refractivity contribution in [1.29, 1.82) is 5.26 Å². The Morgan fingerprint density at radius 1 is 1.00 bits per heavy atom. The first-order valence-corrected chi connectivity index (χ1v) is 9.60. The van der Waals surface area contributed by atoms with Crippen LogP contribution in [0.1, 0.15) is 40.9 Å². The molecule has 1 amide bonds. The van der Waals surface area contributed by atoms with Crippen LogP contribution >= 0.6 is 0 Å². The maximum absolute atomic E-state index is 12.8. The lowest BCUT2D eigenvalue weighted by Gasteiger charge is -2.17. The summed E-state index contributed by atoms with van der Waals surface area (Å²) in [6.45, 7) is 7.30. The van der Waals surface area contributed by atoms with Crippen LogP contribution < -0.4 is 16.2 Å². The fraction of sp³-hybridized carbons (Fsp3) is 0.208. The SMILES string of the molecule is Cc1ccc(Nc2cccc(C(C)(C)C#N)c2)cc1C(=O)Nc1c[nH]c(=O)c(C)c1. The average Bonchev–Trinajstić information content (AvgIpc) is 2.72. The molecule has 3 N–H and O–H groups in total. The van der Waals surface area contributed by atoms with E-state index in [0.29, 0.717) is 16.8 Å². The Morgan fingerprint density at radius 3 is 2.43 bits per heavy atom. The number of aromatic nitrogens is 1. The fourth-order valence-corrected chi connectivity index (χ4v) is 3.03. The van der Waals surface area contributed by atoms with Crippen LogP contribution in [-0.2, 0) is 5.41 Å². The van der Waals surface area contributed by atoms with Gasteiger partial charge in [0.1, 0.15) is 0 Å². The zero-order valence-corrected chi connectivity index (χ0v) is 17.5. The second-order valence-electron chi connectivity index (χ2n) is 7.83. The Kier molecular flexibility index (Phi) is 5.74. The van der Waals surface area contributed by atoms with Gasteiger partial charge in [-0.15, -0.1) is 0 Å². The van der Waals surface area contributed by atoms with Crippen LogP contribution in [0, 0.1) is 25.2 Å². The molecule has 0 fully saturated rings. The lowest BCUT2D eigenvalue weighted by Crippen LogP contribution is -2.16. The molecular formula is C24H24N4O2. The van der Waals surface area contributed by atoms with Crippen LogP contribution in [0.3, 0.4) is 0 Å². The van der Waals surface area contributed by atoms with Gasteiger partial charge in [-0.3, -0.25) is 9.59 Å². The molecule has 1 aromatic heterocycles. The quantitative estimate of drug-likeness (QED) is 0.573. The number of carbonyl (C=O) groups is 1. The maximum atomic E-state index is 12.8. The standard InChI is InChI=1S/C24H24N4O2/c1-15-8-9-19(27-18-7-5-6-17(11-18)24(3,4)14-25)12-21(15)23(30)28-20-10-16(2)22(29)26-13-20/h5-13,27H,1-4H3,(H,26,29)(H,28,30). The van der Waals surface area contributed by atoms with E-state index in [-0.39, 0.29) is 11.5 Å². The van der Waals surface area contributed by atoms with Crippen LogP contribution in [0.5, 0.6) is 0 Å². The molecule has 152 valence electrons. The number of amides is 1. The van der Waals surface area contributed by atoms with E-state index >= 15 is 0 Å². The molecule has 3 rings (SSSR count). The van der Waals surface area contributed by atoms with Gasteiger partial charge in [0, 0.05) is 28.7 Å². The molecule has 2 aromatic carbocycles. The number of nitrogens with zero attached hydrogens (tertiary/aromatic N) is 1.